The van der Waals surface area contributed by atoms with Gasteiger partial charge in [-0.15, -0.1) is 11.3 Å². The third-order valence-electron chi connectivity index (χ3n) is 3.71. The number of hydrogen-bond donors (Lipinski definition) is 0. The van der Waals surface area contributed by atoms with Crippen molar-refractivity contribution in [2.45, 2.75) is 13.0 Å². The van der Waals surface area contributed by atoms with Crippen LogP contribution in [0.5, 0.6) is 0 Å². The van der Waals surface area contributed by atoms with Crippen LogP contribution in [0, 0.1) is 5.82 Å². The van der Waals surface area contributed by atoms with Crippen molar-refractivity contribution < 1.29 is 4.39 Å². The molecule has 1 aromatic carbocycles. The number of benzene rings is 1. The second-order valence-corrected chi connectivity index (χ2v) is 6.16. The summed E-state index contributed by atoms with van der Waals surface area (Å²) in [5.74, 6) is -0.211. The zero-order chi connectivity index (χ0) is 14.1. The van der Waals surface area contributed by atoms with Gasteiger partial charge in [-0.05, 0) is 38.2 Å². The summed E-state index contributed by atoms with van der Waals surface area (Å²) >= 11 is 1.66. The van der Waals surface area contributed by atoms with E-state index in [1.54, 1.807) is 23.5 Å². The van der Waals surface area contributed by atoms with Crippen molar-refractivity contribution >= 4 is 16.5 Å². The van der Waals surface area contributed by atoms with Crippen molar-refractivity contribution in [3.8, 4) is 11.3 Å². The van der Waals surface area contributed by atoms with Gasteiger partial charge < -0.3 is 9.80 Å². The van der Waals surface area contributed by atoms with Crippen molar-refractivity contribution in [2.75, 3.05) is 31.6 Å². The lowest BCUT2D eigenvalue weighted by Gasteiger charge is -2.38. The van der Waals surface area contributed by atoms with E-state index in [0.29, 0.717) is 6.04 Å². The monoisotopic (exact) mass is 291 g/mol. The van der Waals surface area contributed by atoms with Gasteiger partial charge in [-0.3, -0.25) is 0 Å². The Bertz CT molecular complexity index is 581. The Morgan fingerprint density at radius 2 is 2.00 bits per heavy atom. The molecule has 0 spiro atoms. The van der Waals surface area contributed by atoms with Crippen LogP contribution in [0.1, 0.15) is 6.92 Å². The predicted molar refractivity (Wildman–Crippen MR) is 81.8 cm³/mol. The maximum Gasteiger partial charge on any atom is 0.186 e. The van der Waals surface area contributed by atoms with Crippen LogP contribution in [0.4, 0.5) is 9.52 Å². The fourth-order valence-corrected chi connectivity index (χ4v) is 3.54. The van der Waals surface area contributed by atoms with Gasteiger partial charge >= 0.3 is 0 Å². The summed E-state index contributed by atoms with van der Waals surface area (Å²) in [5, 5.41) is 3.11. The average molecular weight is 291 g/mol. The van der Waals surface area contributed by atoms with Crippen LogP contribution < -0.4 is 4.90 Å². The molecule has 1 atom stereocenters. The highest BCUT2D eigenvalue weighted by Gasteiger charge is 2.23. The van der Waals surface area contributed by atoms with Gasteiger partial charge in [0.15, 0.2) is 5.13 Å². The van der Waals surface area contributed by atoms with Gasteiger partial charge in [0.25, 0.3) is 0 Å². The van der Waals surface area contributed by atoms with Crippen molar-refractivity contribution in [2.24, 2.45) is 0 Å². The number of rotatable bonds is 2. The van der Waals surface area contributed by atoms with E-state index in [9.17, 15) is 4.39 Å². The quantitative estimate of drug-likeness (QED) is 0.847. The Morgan fingerprint density at radius 1 is 1.25 bits per heavy atom. The zero-order valence-electron chi connectivity index (χ0n) is 11.7. The van der Waals surface area contributed by atoms with Crippen LogP contribution in [-0.2, 0) is 0 Å². The molecule has 1 aliphatic rings. The van der Waals surface area contributed by atoms with Gasteiger partial charge in [-0.2, -0.15) is 0 Å². The highest BCUT2D eigenvalue weighted by Crippen LogP contribution is 2.29. The first-order chi connectivity index (χ1) is 9.63. The minimum atomic E-state index is -0.211. The second kappa shape index (κ2) is 5.50. The fourth-order valence-electron chi connectivity index (χ4n) is 2.57. The topological polar surface area (TPSA) is 19.4 Å². The largest absolute Gasteiger partial charge is 0.343 e. The third-order valence-corrected chi connectivity index (χ3v) is 4.59. The molecular formula is C15H18FN3S. The smallest absolute Gasteiger partial charge is 0.186 e. The summed E-state index contributed by atoms with van der Waals surface area (Å²) in [4.78, 5) is 9.41. The molecule has 0 saturated carbocycles. The zero-order valence-corrected chi connectivity index (χ0v) is 12.5. The third kappa shape index (κ3) is 2.69. The molecule has 5 heteroatoms. The number of nitrogens with zero attached hydrogens (tertiary/aromatic N) is 3. The lowest BCUT2D eigenvalue weighted by Crippen LogP contribution is -2.50. The van der Waals surface area contributed by atoms with E-state index in [4.69, 9.17) is 4.98 Å². The van der Waals surface area contributed by atoms with E-state index in [-0.39, 0.29) is 5.82 Å². The minimum Gasteiger partial charge on any atom is -0.343 e. The highest BCUT2D eigenvalue weighted by atomic mass is 32.1. The first kappa shape index (κ1) is 13.5. The summed E-state index contributed by atoms with van der Waals surface area (Å²) in [7, 11) is 2.15. The summed E-state index contributed by atoms with van der Waals surface area (Å²) in [6.45, 7) is 5.37. The van der Waals surface area contributed by atoms with E-state index >= 15 is 0 Å². The number of aromatic nitrogens is 1. The van der Waals surface area contributed by atoms with Gasteiger partial charge in [-0.1, -0.05) is 0 Å². The molecule has 2 aromatic rings. The van der Waals surface area contributed by atoms with Crippen LogP contribution in [-0.4, -0.2) is 42.6 Å². The van der Waals surface area contributed by atoms with Gasteiger partial charge in [0, 0.05) is 36.6 Å². The standard InChI is InChI=1S/C15H18FN3S/c1-11-9-18(2)7-8-19(11)15-17-14(10-20-15)12-3-5-13(16)6-4-12/h3-6,10-11H,7-9H2,1-2H3/t11-/m1/s1. The molecule has 0 unspecified atom stereocenters. The lowest BCUT2D eigenvalue weighted by atomic mass is 10.2. The van der Waals surface area contributed by atoms with Crippen molar-refractivity contribution in [3.63, 3.8) is 0 Å². The highest BCUT2D eigenvalue weighted by molar-refractivity contribution is 7.14. The van der Waals surface area contributed by atoms with E-state index in [2.05, 4.69) is 23.8 Å². The number of halogens is 1. The summed E-state index contributed by atoms with van der Waals surface area (Å²) < 4.78 is 13.0. The summed E-state index contributed by atoms with van der Waals surface area (Å²) in [5.41, 5.74) is 1.90. The molecule has 1 aliphatic heterocycles. The molecule has 3 rings (SSSR count). The molecule has 3 nitrogen and oxygen atoms in total. The molecule has 0 bridgehead atoms. The molecule has 1 aromatic heterocycles. The molecule has 0 N–H and O–H groups in total. The van der Waals surface area contributed by atoms with E-state index in [1.165, 1.54) is 12.1 Å². The molecule has 0 aliphatic carbocycles. The molecule has 20 heavy (non-hydrogen) atoms. The minimum absolute atomic E-state index is 0.211. The SMILES string of the molecule is C[C@@H]1CN(C)CCN1c1nc(-c2ccc(F)cc2)cs1. The molecule has 1 fully saturated rings. The molecule has 1 saturated heterocycles. The van der Waals surface area contributed by atoms with Crippen molar-refractivity contribution in [3.05, 3.63) is 35.5 Å². The van der Waals surface area contributed by atoms with Crippen LogP contribution >= 0.6 is 11.3 Å². The van der Waals surface area contributed by atoms with Crippen LogP contribution in [0.25, 0.3) is 11.3 Å². The number of piperazine rings is 1. The first-order valence-corrected chi connectivity index (χ1v) is 7.68. The van der Waals surface area contributed by atoms with Crippen LogP contribution in [0.2, 0.25) is 0 Å². The maximum absolute atomic E-state index is 13.0. The van der Waals surface area contributed by atoms with E-state index < -0.39 is 0 Å². The Balaban J connectivity index is 1.81. The molecule has 0 amide bonds. The van der Waals surface area contributed by atoms with E-state index in [0.717, 1.165) is 36.0 Å². The maximum atomic E-state index is 13.0. The van der Waals surface area contributed by atoms with E-state index in [1.807, 2.05) is 5.38 Å². The van der Waals surface area contributed by atoms with Crippen molar-refractivity contribution in [1.29, 1.82) is 0 Å². The van der Waals surface area contributed by atoms with Crippen LogP contribution in [0.15, 0.2) is 29.6 Å². The Morgan fingerprint density at radius 3 is 2.70 bits per heavy atom. The van der Waals surface area contributed by atoms with Gasteiger partial charge in [0.2, 0.25) is 0 Å². The van der Waals surface area contributed by atoms with Crippen molar-refractivity contribution in [1.82, 2.24) is 9.88 Å². The Labute approximate surface area is 122 Å². The second-order valence-electron chi connectivity index (χ2n) is 5.33. The normalized spacial score (nSPS) is 20.4. The molecule has 0 radical (unpaired) electrons. The predicted octanol–water partition coefficient (Wildman–Crippen LogP) is 3.09. The lowest BCUT2D eigenvalue weighted by molar-refractivity contribution is 0.275. The molecular weight excluding hydrogens is 273 g/mol. The molecule has 2 heterocycles. The number of anilines is 1. The summed E-state index contributed by atoms with van der Waals surface area (Å²) in [6.07, 6.45) is 0. The number of hydrogen-bond acceptors (Lipinski definition) is 4. The van der Waals surface area contributed by atoms with Crippen LogP contribution in [0.3, 0.4) is 0 Å². The van der Waals surface area contributed by atoms with Gasteiger partial charge in [-0.25, -0.2) is 9.37 Å². The number of thiazole rings is 1. The van der Waals surface area contributed by atoms with Gasteiger partial charge in [0.05, 0.1) is 5.69 Å². The Hall–Kier alpha value is -1.46. The first-order valence-electron chi connectivity index (χ1n) is 6.80. The summed E-state index contributed by atoms with van der Waals surface area (Å²) in [6, 6.07) is 6.99. The van der Waals surface area contributed by atoms with Gasteiger partial charge in [0.1, 0.15) is 5.82 Å². The molecule has 106 valence electrons. The fraction of sp³-hybridized carbons (Fsp3) is 0.400. The number of likely N-dealkylation sites (N-methyl/N-ethyl adjacent to an activating group) is 1. The Kier molecular flexibility index (Phi) is 3.72. The average Bonchev–Trinajstić information content (AvgIpc) is 2.89.